The van der Waals surface area contributed by atoms with Crippen LogP contribution in [0.4, 0.5) is 0 Å². The van der Waals surface area contributed by atoms with Gasteiger partial charge >= 0.3 is 5.97 Å². The number of hydrogen-bond acceptors (Lipinski definition) is 3. The van der Waals surface area contributed by atoms with Crippen LogP contribution in [0.15, 0.2) is 54.6 Å². The number of esters is 1. The van der Waals surface area contributed by atoms with Crippen molar-refractivity contribution in [3.8, 4) is 11.5 Å². The van der Waals surface area contributed by atoms with Crippen LogP contribution in [0.2, 0.25) is 0 Å². The largest absolute Gasteiger partial charge is 0.497 e. The summed E-state index contributed by atoms with van der Waals surface area (Å²) < 4.78 is 10.3. The minimum absolute atomic E-state index is 0.239. The third-order valence-corrected chi connectivity index (χ3v) is 2.73. The van der Waals surface area contributed by atoms with Gasteiger partial charge in [0.2, 0.25) is 0 Å². The van der Waals surface area contributed by atoms with Gasteiger partial charge in [0, 0.05) is 12.5 Å². The van der Waals surface area contributed by atoms with Crippen LogP contribution in [0.3, 0.4) is 0 Å². The number of benzene rings is 2. The van der Waals surface area contributed by atoms with Gasteiger partial charge in [-0.2, -0.15) is 0 Å². The molecule has 0 atom stereocenters. The summed E-state index contributed by atoms with van der Waals surface area (Å²) in [7, 11) is 1.58. The Kier molecular flexibility index (Phi) is 4.56. The van der Waals surface area contributed by atoms with Crippen molar-refractivity contribution in [3.63, 3.8) is 0 Å². The summed E-state index contributed by atoms with van der Waals surface area (Å²) >= 11 is 0. The van der Waals surface area contributed by atoms with Gasteiger partial charge in [0.25, 0.3) is 0 Å². The molecule has 0 unspecified atom stereocenters. The fourth-order valence-corrected chi connectivity index (χ4v) is 1.74. The minimum atomic E-state index is -0.239. The highest BCUT2D eigenvalue weighted by atomic mass is 16.5. The van der Waals surface area contributed by atoms with Gasteiger partial charge in [-0.1, -0.05) is 36.4 Å². The number of ether oxygens (including phenoxy) is 2. The van der Waals surface area contributed by atoms with Crippen LogP contribution < -0.4 is 9.47 Å². The minimum Gasteiger partial charge on any atom is -0.497 e. The first-order valence-electron chi connectivity index (χ1n) is 6.16. The highest BCUT2D eigenvalue weighted by Gasteiger charge is 2.06. The van der Waals surface area contributed by atoms with E-state index in [1.807, 2.05) is 30.3 Å². The number of hydrogen-bond donors (Lipinski definition) is 0. The monoisotopic (exact) mass is 256 g/mol. The molecule has 0 spiro atoms. The molecule has 2 rings (SSSR count). The van der Waals surface area contributed by atoms with Crippen LogP contribution in [0.25, 0.3) is 0 Å². The van der Waals surface area contributed by atoms with E-state index < -0.39 is 0 Å². The van der Waals surface area contributed by atoms with Gasteiger partial charge in [-0.3, -0.25) is 4.79 Å². The van der Waals surface area contributed by atoms with E-state index in [1.165, 1.54) is 0 Å². The maximum Gasteiger partial charge on any atom is 0.311 e. The van der Waals surface area contributed by atoms with E-state index in [-0.39, 0.29) is 5.97 Å². The third kappa shape index (κ3) is 4.14. The van der Waals surface area contributed by atoms with Crippen molar-refractivity contribution in [2.75, 3.05) is 7.11 Å². The number of methoxy groups -OCH3 is 1. The smallest absolute Gasteiger partial charge is 0.311 e. The van der Waals surface area contributed by atoms with E-state index in [4.69, 9.17) is 9.47 Å². The molecule has 0 aliphatic rings. The molecule has 0 N–H and O–H groups in total. The molecule has 0 saturated carbocycles. The second-order valence-electron chi connectivity index (χ2n) is 4.14. The number of aryl methyl sites for hydroxylation is 1. The Morgan fingerprint density at radius 3 is 2.47 bits per heavy atom. The third-order valence-electron chi connectivity index (χ3n) is 2.73. The molecule has 19 heavy (non-hydrogen) atoms. The molecule has 0 aliphatic carbocycles. The normalized spacial score (nSPS) is 9.95. The highest BCUT2D eigenvalue weighted by Crippen LogP contribution is 2.19. The number of carbonyl (C=O) groups is 1. The molecule has 2 aromatic rings. The Labute approximate surface area is 112 Å². The molecule has 0 aliphatic heterocycles. The SMILES string of the molecule is COc1cccc(OC(=O)CCc2ccccc2)c1. The standard InChI is InChI=1S/C16H16O3/c1-18-14-8-5-9-15(12-14)19-16(17)11-10-13-6-3-2-4-7-13/h2-9,12H,10-11H2,1H3. The lowest BCUT2D eigenvalue weighted by molar-refractivity contribution is -0.134. The second-order valence-corrected chi connectivity index (χ2v) is 4.14. The summed E-state index contributed by atoms with van der Waals surface area (Å²) in [4.78, 5) is 11.7. The molecule has 0 aromatic heterocycles. The van der Waals surface area contributed by atoms with Gasteiger partial charge in [0.1, 0.15) is 11.5 Å². The van der Waals surface area contributed by atoms with Gasteiger partial charge in [-0.05, 0) is 24.1 Å². The van der Waals surface area contributed by atoms with Gasteiger partial charge in [0.05, 0.1) is 7.11 Å². The molecule has 3 heteroatoms. The van der Waals surface area contributed by atoms with Gasteiger partial charge in [-0.25, -0.2) is 0 Å². The number of carbonyl (C=O) groups excluding carboxylic acids is 1. The molecule has 0 heterocycles. The summed E-state index contributed by atoms with van der Waals surface area (Å²) in [5, 5.41) is 0. The fourth-order valence-electron chi connectivity index (χ4n) is 1.74. The lowest BCUT2D eigenvalue weighted by Gasteiger charge is -2.06. The Morgan fingerprint density at radius 2 is 1.74 bits per heavy atom. The van der Waals surface area contributed by atoms with Crippen molar-refractivity contribution in [2.24, 2.45) is 0 Å². The summed E-state index contributed by atoms with van der Waals surface area (Å²) in [5.74, 6) is 0.947. The van der Waals surface area contributed by atoms with E-state index >= 15 is 0 Å². The molecule has 98 valence electrons. The summed E-state index contributed by atoms with van der Waals surface area (Å²) in [6.07, 6.45) is 1.05. The van der Waals surface area contributed by atoms with Crippen LogP contribution in [-0.2, 0) is 11.2 Å². The van der Waals surface area contributed by atoms with E-state index in [0.717, 1.165) is 5.56 Å². The lowest BCUT2D eigenvalue weighted by Crippen LogP contribution is -2.09. The molecule has 0 radical (unpaired) electrons. The zero-order chi connectivity index (χ0) is 13.5. The summed E-state index contributed by atoms with van der Waals surface area (Å²) in [6.45, 7) is 0. The van der Waals surface area contributed by atoms with Crippen molar-refractivity contribution in [1.82, 2.24) is 0 Å². The molecule has 0 fully saturated rings. The van der Waals surface area contributed by atoms with Crippen LogP contribution in [0.1, 0.15) is 12.0 Å². The molecule has 2 aromatic carbocycles. The van der Waals surface area contributed by atoms with Crippen LogP contribution >= 0.6 is 0 Å². The quantitative estimate of drug-likeness (QED) is 0.608. The Hall–Kier alpha value is -2.29. The van der Waals surface area contributed by atoms with Gasteiger partial charge in [0.15, 0.2) is 0 Å². The molecular formula is C16H16O3. The highest BCUT2D eigenvalue weighted by molar-refractivity contribution is 5.72. The second kappa shape index (κ2) is 6.59. The Bertz CT molecular complexity index is 535. The van der Waals surface area contributed by atoms with E-state index in [9.17, 15) is 4.79 Å². The van der Waals surface area contributed by atoms with Crippen LogP contribution in [0, 0.1) is 0 Å². The molecular weight excluding hydrogens is 240 g/mol. The molecule has 0 saturated heterocycles. The summed E-state index contributed by atoms with van der Waals surface area (Å²) in [6, 6.07) is 16.9. The van der Waals surface area contributed by atoms with Crippen molar-refractivity contribution in [2.45, 2.75) is 12.8 Å². The van der Waals surface area contributed by atoms with Crippen molar-refractivity contribution < 1.29 is 14.3 Å². The first-order valence-corrected chi connectivity index (χ1v) is 6.16. The van der Waals surface area contributed by atoms with E-state index in [0.29, 0.717) is 24.3 Å². The Morgan fingerprint density at radius 1 is 1.00 bits per heavy atom. The van der Waals surface area contributed by atoms with E-state index in [1.54, 1.807) is 31.4 Å². The van der Waals surface area contributed by atoms with Crippen LogP contribution in [0.5, 0.6) is 11.5 Å². The first kappa shape index (κ1) is 13.1. The van der Waals surface area contributed by atoms with E-state index in [2.05, 4.69) is 0 Å². The maximum atomic E-state index is 11.7. The van der Waals surface area contributed by atoms with Crippen molar-refractivity contribution in [1.29, 1.82) is 0 Å². The Balaban J connectivity index is 1.87. The van der Waals surface area contributed by atoms with Crippen molar-refractivity contribution in [3.05, 3.63) is 60.2 Å². The lowest BCUT2D eigenvalue weighted by atomic mass is 10.1. The zero-order valence-corrected chi connectivity index (χ0v) is 10.8. The maximum absolute atomic E-state index is 11.7. The molecule has 0 bridgehead atoms. The molecule has 3 nitrogen and oxygen atoms in total. The topological polar surface area (TPSA) is 35.5 Å². The number of rotatable bonds is 5. The average Bonchev–Trinajstić information content (AvgIpc) is 2.46. The van der Waals surface area contributed by atoms with Gasteiger partial charge < -0.3 is 9.47 Å². The van der Waals surface area contributed by atoms with Crippen molar-refractivity contribution >= 4 is 5.97 Å². The first-order chi connectivity index (χ1) is 9.28. The fraction of sp³-hybridized carbons (Fsp3) is 0.188. The molecule has 0 amide bonds. The van der Waals surface area contributed by atoms with Crippen LogP contribution in [-0.4, -0.2) is 13.1 Å². The van der Waals surface area contributed by atoms with Gasteiger partial charge in [-0.15, -0.1) is 0 Å². The summed E-state index contributed by atoms with van der Waals surface area (Å²) in [5.41, 5.74) is 1.13. The predicted molar refractivity (Wildman–Crippen MR) is 73.4 cm³/mol. The average molecular weight is 256 g/mol. The zero-order valence-electron chi connectivity index (χ0n) is 10.8. The predicted octanol–water partition coefficient (Wildman–Crippen LogP) is 3.23.